The minimum atomic E-state index is -3.73. The molecule has 0 fully saturated rings. The van der Waals surface area contributed by atoms with Gasteiger partial charge in [0.2, 0.25) is 10.0 Å². The van der Waals surface area contributed by atoms with E-state index in [1.807, 2.05) is 0 Å². The molecule has 0 aromatic carbocycles. The SMILES string of the molecule is Cc1oc(C)c(S(N)(=O)=O)c1CN. The summed E-state index contributed by atoms with van der Waals surface area (Å²) in [6.45, 7) is 3.31. The summed E-state index contributed by atoms with van der Waals surface area (Å²) >= 11 is 0. The van der Waals surface area contributed by atoms with Gasteiger partial charge in [0.15, 0.2) is 0 Å². The fourth-order valence-corrected chi connectivity index (χ4v) is 2.33. The maximum atomic E-state index is 11.1. The van der Waals surface area contributed by atoms with Crippen LogP contribution in [-0.2, 0) is 16.6 Å². The monoisotopic (exact) mass is 204 g/mol. The van der Waals surface area contributed by atoms with Crippen LogP contribution in [0, 0.1) is 13.8 Å². The summed E-state index contributed by atoms with van der Waals surface area (Å²) in [5, 5.41) is 5.00. The Bertz CT molecular complexity index is 419. The van der Waals surface area contributed by atoms with Gasteiger partial charge in [0.25, 0.3) is 0 Å². The zero-order valence-electron chi connectivity index (χ0n) is 7.49. The highest BCUT2D eigenvalue weighted by Crippen LogP contribution is 2.24. The Morgan fingerprint density at radius 2 is 1.85 bits per heavy atom. The van der Waals surface area contributed by atoms with Gasteiger partial charge >= 0.3 is 0 Å². The van der Waals surface area contributed by atoms with Gasteiger partial charge in [0.05, 0.1) is 0 Å². The van der Waals surface area contributed by atoms with Crippen molar-refractivity contribution in [3.63, 3.8) is 0 Å². The maximum Gasteiger partial charge on any atom is 0.241 e. The Morgan fingerprint density at radius 1 is 1.31 bits per heavy atom. The Morgan fingerprint density at radius 3 is 2.15 bits per heavy atom. The quantitative estimate of drug-likeness (QED) is 0.708. The van der Waals surface area contributed by atoms with Crippen molar-refractivity contribution in [3.05, 3.63) is 17.1 Å². The predicted molar refractivity (Wildman–Crippen MR) is 47.4 cm³/mol. The van der Waals surface area contributed by atoms with Crippen LogP contribution in [0.2, 0.25) is 0 Å². The third-order valence-electron chi connectivity index (χ3n) is 1.81. The molecule has 0 atom stereocenters. The van der Waals surface area contributed by atoms with E-state index in [4.69, 9.17) is 15.3 Å². The van der Waals surface area contributed by atoms with E-state index in [9.17, 15) is 8.42 Å². The Hall–Kier alpha value is -0.850. The smallest absolute Gasteiger partial charge is 0.241 e. The van der Waals surface area contributed by atoms with Crippen molar-refractivity contribution in [3.8, 4) is 0 Å². The summed E-state index contributed by atoms with van der Waals surface area (Å²) in [5.74, 6) is 0.796. The van der Waals surface area contributed by atoms with Crippen molar-refractivity contribution in [2.75, 3.05) is 0 Å². The number of furan rings is 1. The normalized spacial score (nSPS) is 12.0. The Labute approximate surface area is 76.8 Å². The largest absolute Gasteiger partial charge is 0.465 e. The van der Waals surface area contributed by atoms with Gasteiger partial charge in [-0.05, 0) is 13.8 Å². The van der Waals surface area contributed by atoms with Gasteiger partial charge in [0.1, 0.15) is 16.4 Å². The highest BCUT2D eigenvalue weighted by atomic mass is 32.2. The number of hydrogen-bond acceptors (Lipinski definition) is 4. The molecule has 0 spiro atoms. The third-order valence-corrected chi connectivity index (χ3v) is 2.92. The first kappa shape index (κ1) is 10.2. The molecule has 0 amide bonds. The van der Waals surface area contributed by atoms with Gasteiger partial charge in [-0.3, -0.25) is 0 Å². The third kappa shape index (κ3) is 1.74. The Balaban J connectivity index is 3.52. The lowest BCUT2D eigenvalue weighted by molar-refractivity contribution is 0.494. The summed E-state index contributed by atoms with van der Waals surface area (Å²) in [5.41, 5.74) is 5.84. The second kappa shape index (κ2) is 3.13. The van der Waals surface area contributed by atoms with E-state index in [1.54, 1.807) is 13.8 Å². The van der Waals surface area contributed by atoms with Crippen LogP contribution in [0.15, 0.2) is 9.31 Å². The van der Waals surface area contributed by atoms with Gasteiger partial charge in [-0.2, -0.15) is 0 Å². The predicted octanol–water partition coefficient (Wildman–Crippen LogP) is 0.00254. The molecule has 0 unspecified atom stereocenters. The molecule has 0 radical (unpaired) electrons. The van der Waals surface area contributed by atoms with Gasteiger partial charge in [-0.15, -0.1) is 0 Å². The van der Waals surface area contributed by atoms with Crippen LogP contribution < -0.4 is 10.9 Å². The van der Waals surface area contributed by atoms with Gasteiger partial charge in [-0.1, -0.05) is 0 Å². The van der Waals surface area contributed by atoms with Crippen molar-refractivity contribution >= 4 is 10.0 Å². The average molecular weight is 204 g/mol. The maximum absolute atomic E-state index is 11.1. The van der Waals surface area contributed by atoms with E-state index >= 15 is 0 Å². The van der Waals surface area contributed by atoms with Crippen LogP contribution in [0.25, 0.3) is 0 Å². The molecule has 1 aromatic rings. The molecule has 4 N–H and O–H groups in total. The standard InChI is InChI=1S/C7H12N2O3S/c1-4-6(3-8)7(5(2)12-4)13(9,10)11/h3,8H2,1-2H3,(H2,9,10,11). The van der Waals surface area contributed by atoms with Crippen molar-refractivity contribution in [1.29, 1.82) is 0 Å². The van der Waals surface area contributed by atoms with Gasteiger partial charge in [0, 0.05) is 12.1 Å². The molecule has 5 nitrogen and oxygen atoms in total. The van der Waals surface area contributed by atoms with Crippen molar-refractivity contribution in [2.24, 2.45) is 10.9 Å². The summed E-state index contributed by atoms with van der Waals surface area (Å²) in [6.07, 6.45) is 0. The van der Waals surface area contributed by atoms with E-state index in [-0.39, 0.29) is 11.4 Å². The summed E-state index contributed by atoms with van der Waals surface area (Å²) in [4.78, 5) is 0.0208. The highest BCUT2D eigenvalue weighted by molar-refractivity contribution is 7.89. The number of hydrogen-bond donors (Lipinski definition) is 2. The van der Waals surface area contributed by atoms with Gasteiger partial charge < -0.3 is 10.2 Å². The number of sulfonamides is 1. The van der Waals surface area contributed by atoms with Crippen LogP contribution in [0.4, 0.5) is 0 Å². The van der Waals surface area contributed by atoms with E-state index in [2.05, 4.69) is 0 Å². The van der Waals surface area contributed by atoms with E-state index < -0.39 is 10.0 Å². The van der Waals surface area contributed by atoms with Crippen LogP contribution in [0.3, 0.4) is 0 Å². The first-order chi connectivity index (χ1) is 5.88. The molecular formula is C7H12N2O3S. The van der Waals surface area contributed by atoms with Crippen LogP contribution in [0.5, 0.6) is 0 Å². The molecule has 13 heavy (non-hydrogen) atoms. The lowest BCUT2D eigenvalue weighted by Gasteiger charge is -1.98. The van der Waals surface area contributed by atoms with E-state index in [0.717, 1.165) is 0 Å². The molecule has 0 saturated heterocycles. The van der Waals surface area contributed by atoms with Crippen molar-refractivity contribution in [2.45, 2.75) is 25.3 Å². The topological polar surface area (TPSA) is 99.3 Å². The molecule has 1 rings (SSSR count). The molecule has 1 heterocycles. The molecule has 1 aromatic heterocycles. The second-order valence-corrected chi connectivity index (χ2v) is 4.27. The fraction of sp³-hybridized carbons (Fsp3) is 0.429. The van der Waals surface area contributed by atoms with Crippen LogP contribution >= 0.6 is 0 Å². The van der Waals surface area contributed by atoms with E-state index in [1.165, 1.54) is 0 Å². The van der Waals surface area contributed by atoms with E-state index in [0.29, 0.717) is 17.1 Å². The van der Waals surface area contributed by atoms with Crippen LogP contribution in [-0.4, -0.2) is 8.42 Å². The minimum absolute atomic E-state index is 0.0208. The fourth-order valence-electron chi connectivity index (χ4n) is 1.32. The minimum Gasteiger partial charge on any atom is -0.465 e. The zero-order chi connectivity index (χ0) is 10.2. The molecular weight excluding hydrogens is 192 g/mol. The molecule has 6 heteroatoms. The molecule has 0 bridgehead atoms. The van der Waals surface area contributed by atoms with Gasteiger partial charge in [-0.25, -0.2) is 13.6 Å². The Kier molecular flexibility index (Phi) is 2.47. The average Bonchev–Trinajstić information content (AvgIpc) is 2.23. The molecule has 0 aliphatic rings. The first-order valence-corrected chi connectivity index (χ1v) is 5.24. The highest BCUT2D eigenvalue weighted by Gasteiger charge is 2.22. The second-order valence-electron chi connectivity index (χ2n) is 2.77. The lowest BCUT2D eigenvalue weighted by atomic mass is 10.2. The number of rotatable bonds is 2. The molecule has 0 aliphatic carbocycles. The lowest BCUT2D eigenvalue weighted by Crippen LogP contribution is -2.15. The zero-order valence-corrected chi connectivity index (χ0v) is 8.31. The summed E-state index contributed by atoms with van der Waals surface area (Å²) in [7, 11) is -3.73. The number of nitrogens with two attached hydrogens (primary N) is 2. The summed E-state index contributed by atoms with van der Waals surface area (Å²) < 4.78 is 27.3. The molecule has 0 saturated carbocycles. The summed E-state index contributed by atoms with van der Waals surface area (Å²) in [6, 6.07) is 0. The van der Waals surface area contributed by atoms with Crippen molar-refractivity contribution < 1.29 is 12.8 Å². The number of primary sulfonamides is 1. The first-order valence-electron chi connectivity index (χ1n) is 3.69. The molecule has 74 valence electrons. The van der Waals surface area contributed by atoms with Crippen molar-refractivity contribution in [1.82, 2.24) is 0 Å². The molecule has 0 aliphatic heterocycles. The number of aryl methyl sites for hydroxylation is 2. The van der Waals surface area contributed by atoms with Crippen LogP contribution in [0.1, 0.15) is 17.1 Å².